The SMILES string of the molecule is CCCCCCC(=O)SC[C@H](COP(=O)(Cl)Cl)SC(=O)CCCCCC. The van der Waals surface area contributed by atoms with Gasteiger partial charge in [-0.3, -0.25) is 14.2 Å². The van der Waals surface area contributed by atoms with Gasteiger partial charge in [0.1, 0.15) is 0 Å². The number of hydrogen-bond donors (Lipinski definition) is 0. The van der Waals surface area contributed by atoms with Gasteiger partial charge in [-0.05, 0) is 35.3 Å². The maximum absolute atomic E-state index is 12.1. The molecule has 0 aliphatic heterocycles. The molecule has 0 aliphatic carbocycles. The molecule has 0 unspecified atom stereocenters. The molecule has 0 aromatic rings. The summed E-state index contributed by atoms with van der Waals surface area (Å²) in [5.74, 6) is 0.422. The highest BCUT2D eigenvalue weighted by molar-refractivity contribution is 8.17. The van der Waals surface area contributed by atoms with E-state index >= 15 is 0 Å². The van der Waals surface area contributed by atoms with Crippen LogP contribution in [0.4, 0.5) is 0 Å². The topological polar surface area (TPSA) is 60.4 Å². The second kappa shape index (κ2) is 16.7. The highest BCUT2D eigenvalue weighted by Gasteiger charge is 2.22. The van der Waals surface area contributed by atoms with Crippen LogP contribution in [0.3, 0.4) is 0 Å². The van der Waals surface area contributed by atoms with Crippen molar-refractivity contribution in [3.8, 4) is 0 Å². The molecular weight excluding hydrogens is 434 g/mol. The summed E-state index contributed by atoms with van der Waals surface area (Å²) >= 11 is 13.2. The molecule has 154 valence electrons. The van der Waals surface area contributed by atoms with E-state index in [9.17, 15) is 14.2 Å². The van der Waals surface area contributed by atoms with Crippen molar-refractivity contribution in [2.24, 2.45) is 0 Å². The second-order valence-electron chi connectivity index (χ2n) is 6.13. The van der Waals surface area contributed by atoms with E-state index in [4.69, 9.17) is 27.0 Å². The summed E-state index contributed by atoms with van der Waals surface area (Å²) in [4.78, 5) is 24.1. The lowest BCUT2D eigenvalue weighted by Crippen LogP contribution is -2.17. The smallest absolute Gasteiger partial charge is 0.305 e. The lowest BCUT2D eigenvalue weighted by atomic mass is 10.2. The summed E-state index contributed by atoms with van der Waals surface area (Å²) < 4.78 is 16.3. The van der Waals surface area contributed by atoms with Crippen molar-refractivity contribution < 1.29 is 18.7 Å². The van der Waals surface area contributed by atoms with Gasteiger partial charge >= 0.3 is 6.07 Å². The third-order valence-corrected chi connectivity index (χ3v) is 7.05. The summed E-state index contributed by atoms with van der Waals surface area (Å²) in [7, 11) is 0. The van der Waals surface area contributed by atoms with Gasteiger partial charge in [0.15, 0.2) is 10.2 Å². The van der Waals surface area contributed by atoms with Gasteiger partial charge in [-0.25, -0.2) is 0 Å². The van der Waals surface area contributed by atoms with Crippen molar-refractivity contribution in [1.82, 2.24) is 0 Å². The molecule has 0 saturated heterocycles. The van der Waals surface area contributed by atoms with Gasteiger partial charge in [0.2, 0.25) is 0 Å². The fourth-order valence-corrected chi connectivity index (χ4v) is 4.98. The van der Waals surface area contributed by atoms with E-state index in [-0.39, 0.29) is 22.1 Å². The molecule has 0 spiro atoms. The number of halogens is 2. The molecule has 26 heavy (non-hydrogen) atoms. The Labute approximate surface area is 176 Å². The first-order valence-electron chi connectivity index (χ1n) is 9.27. The molecule has 0 amide bonds. The first kappa shape index (κ1) is 26.8. The first-order chi connectivity index (χ1) is 12.3. The molecule has 0 aromatic carbocycles. The number of carbonyl (C=O) groups is 2. The Morgan fingerprint density at radius 2 is 1.46 bits per heavy atom. The van der Waals surface area contributed by atoms with Gasteiger partial charge in [0.05, 0.1) is 6.61 Å². The van der Waals surface area contributed by atoms with Crippen LogP contribution in [-0.2, 0) is 18.7 Å². The van der Waals surface area contributed by atoms with E-state index in [0.29, 0.717) is 18.6 Å². The van der Waals surface area contributed by atoms with Crippen LogP contribution in [0.1, 0.15) is 78.1 Å². The van der Waals surface area contributed by atoms with Crippen LogP contribution in [0.5, 0.6) is 0 Å². The van der Waals surface area contributed by atoms with Crippen molar-refractivity contribution in [3.63, 3.8) is 0 Å². The fourth-order valence-electron chi connectivity index (χ4n) is 2.18. The molecule has 1 atom stereocenters. The Morgan fingerprint density at radius 1 is 0.923 bits per heavy atom. The highest BCUT2D eigenvalue weighted by atomic mass is 35.9. The molecule has 0 aromatic heterocycles. The molecule has 0 N–H and O–H groups in total. The van der Waals surface area contributed by atoms with Crippen LogP contribution in [0, 0.1) is 0 Å². The largest absolute Gasteiger partial charge is 0.380 e. The maximum atomic E-state index is 12.1. The molecule has 0 radical (unpaired) electrons. The van der Waals surface area contributed by atoms with Gasteiger partial charge in [-0.1, -0.05) is 75.9 Å². The minimum Gasteiger partial charge on any atom is -0.305 e. The quantitative estimate of drug-likeness (QED) is 0.175. The lowest BCUT2D eigenvalue weighted by molar-refractivity contribution is -0.112. The summed E-state index contributed by atoms with van der Waals surface area (Å²) in [6.07, 6.45) is 5.75. The molecule has 4 nitrogen and oxygen atoms in total. The molecule has 9 heteroatoms. The van der Waals surface area contributed by atoms with Gasteiger partial charge in [-0.2, -0.15) is 0 Å². The van der Waals surface area contributed by atoms with Crippen molar-refractivity contribution >= 4 is 62.3 Å². The third-order valence-electron chi connectivity index (χ3n) is 3.61. The summed E-state index contributed by atoms with van der Waals surface area (Å²) in [5, 5.41) is -0.115. The minimum absolute atomic E-state index is 0.00818. The zero-order chi connectivity index (χ0) is 19.8. The molecule has 0 saturated carbocycles. The molecule has 0 rings (SSSR count). The van der Waals surface area contributed by atoms with Gasteiger partial charge in [0.25, 0.3) is 0 Å². The van der Waals surface area contributed by atoms with Gasteiger partial charge in [-0.15, -0.1) is 0 Å². The number of hydrogen-bond acceptors (Lipinski definition) is 6. The van der Waals surface area contributed by atoms with E-state index in [1.54, 1.807) is 0 Å². The predicted molar refractivity (Wildman–Crippen MR) is 117 cm³/mol. The van der Waals surface area contributed by atoms with Crippen molar-refractivity contribution in [2.75, 3.05) is 12.4 Å². The van der Waals surface area contributed by atoms with Crippen LogP contribution in [0.15, 0.2) is 0 Å². The number of rotatable bonds is 16. The Bertz CT molecular complexity index is 446. The minimum atomic E-state index is -3.64. The Hall–Kier alpha value is 0.810. The van der Waals surface area contributed by atoms with E-state index in [1.807, 2.05) is 0 Å². The van der Waals surface area contributed by atoms with E-state index < -0.39 is 6.07 Å². The van der Waals surface area contributed by atoms with Crippen molar-refractivity contribution in [1.29, 1.82) is 0 Å². The summed E-state index contributed by atoms with van der Waals surface area (Å²) in [5.41, 5.74) is 0. The van der Waals surface area contributed by atoms with Gasteiger partial charge in [0, 0.05) is 23.8 Å². The Kier molecular flexibility index (Phi) is 17.3. The third kappa shape index (κ3) is 18.2. The Morgan fingerprint density at radius 3 is 1.96 bits per heavy atom. The average molecular weight is 465 g/mol. The van der Waals surface area contributed by atoms with Crippen molar-refractivity contribution in [3.05, 3.63) is 0 Å². The normalized spacial score (nSPS) is 12.9. The monoisotopic (exact) mass is 464 g/mol. The summed E-state index contributed by atoms with van der Waals surface area (Å²) in [6.45, 7) is 4.24. The zero-order valence-electron chi connectivity index (χ0n) is 15.7. The number of unbranched alkanes of at least 4 members (excludes halogenated alkanes) is 6. The standard InChI is InChI=1S/C17H31Cl2O4PS2/c1-3-5-7-9-11-16(20)25-14-15(13-23-24(18,19)22)26-17(21)12-10-8-6-4-2/h15H,3-14H2,1-2H3/t15-/m0/s1. The van der Waals surface area contributed by atoms with E-state index in [1.165, 1.54) is 11.8 Å². The number of thioether (sulfide) groups is 2. The average Bonchev–Trinajstić information content (AvgIpc) is 2.57. The van der Waals surface area contributed by atoms with E-state index in [0.717, 1.165) is 63.1 Å². The van der Waals surface area contributed by atoms with Crippen LogP contribution < -0.4 is 0 Å². The molecular formula is C17H31Cl2O4PS2. The molecule has 0 fully saturated rings. The van der Waals surface area contributed by atoms with Crippen molar-refractivity contribution in [2.45, 2.75) is 83.3 Å². The molecule has 0 bridgehead atoms. The predicted octanol–water partition coefficient (Wildman–Crippen LogP) is 7.42. The van der Waals surface area contributed by atoms with Crippen LogP contribution >= 0.6 is 52.1 Å². The summed E-state index contributed by atoms with van der Waals surface area (Å²) in [6, 6.07) is 0. The van der Waals surface area contributed by atoms with Crippen LogP contribution in [0.25, 0.3) is 0 Å². The maximum Gasteiger partial charge on any atom is 0.380 e. The van der Waals surface area contributed by atoms with Gasteiger partial charge < -0.3 is 4.52 Å². The van der Waals surface area contributed by atoms with E-state index in [2.05, 4.69) is 13.8 Å². The Balaban J connectivity index is 4.30. The molecule has 0 heterocycles. The lowest BCUT2D eigenvalue weighted by Gasteiger charge is -2.15. The number of carbonyl (C=O) groups excluding carboxylic acids is 2. The van der Waals surface area contributed by atoms with Crippen LogP contribution in [0.2, 0.25) is 0 Å². The molecule has 0 aliphatic rings. The first-order valence-corrected chi connectivity index (χ1v) is 14.6. The van der Waals surface area contributed by atoms with Crippen LogP contribution in [-0.4, -0.2) is 27.8 Å². The fraction of sp³-hybridized carbons (Fsp3) is 0.882. The highest BCUT2D eigenvalue weighted by Crippen LogP contribution is 2.57. The second-order valence-corrected chi connectivity index (χ2v) is 12.8. The zero-order valence-corrected chi connectivity index (χ0v) is 19.8.